The predicted molar refractivity (Wildman–Crippen MR) is 78.8 cm³/mol. The predicted octanol–water partition coefficient (Wildman–Crippen LogP) is 3.24. The van der Waals surface area contributed by atoms with Crippen LogP contribution in [-0.2, 0) is 19.1 Å². The van der Waals surface area contributed by atoms with E-state index >= 15 is 0 Å². The van der Waals surface area contributed by atoms with Gasteiger partial charge in [0.1, 0.15) is 11.9 Å². The third kappa shape index (κ3) is 2.58. The first-order valence-electron chi connectivity index (χ1n) is 7.30. The molecule has 0 radical (unpaired) electrons. The second kappa shape index (κ2) is 5.48. The molecule has 2 atom stereocenters. The average Bonchev–Trinajstić information content (AvgIpc) is 2.97. The largest absolute Gasteiger partial charge is 0.464 e. The number of furan rings is 1. The Balaban J connectivity index is 2.06. The van der Waals surface area contributed by atoms with Gasteiger partial charge in [0.15, 0.2) is 6.10 Å². The topological polar surface area (TPSA) is 65.7 Å². The molecule has 2 bridgehead atoms. The van der Waals surface area contributed by atoms with E-state index in [4.69, 9.17) is 13.9 Å². The summed E-state index contributed by atoms with van der Waals surface area (Å²) < 4.78 is 16.4. The van der Waals surface area contributed by atoms with Crippen LogP contribution in [0.25, 0.3) is 6.08 Å². The summed E-state index contributed by atoms with van der Waals surface area (Å²) in [5.41, 5.74) is 3.30. The lowest BCUT2D eigenvalue weighted by Gasteiger charge is -2.18. The minimum absolute atomic E-state index is 0.308. The molecule has 5 heteroatoms. The van der Waals surface area contributed by atoms with Crippen LogP contribution in [-0.4, -0.2) is 18.0 Å². The molecule has 0 saturated carbocycles. The Morgan fingerprint density at radius 2 is 2.14 bits per heavy atom. The zero-order valence-corrected chi connectivity index (χ0v) is 12.8. The summed E-state index contributed by atoms with van der Waals surface area (Å²) in [5, 5.41) is 0. The fourth-order valence-corrected chi connectivity index (χ4v) is 2.92. The lowest BCUT2D eigenvalue weighted by Crippen LogP contribution is -2.18. The maximum Gasteiger partial charge on any atom is 0.334 e. The average molecular weight is 302 g/mol. The number of rotatable bonds is 1. The monoisotopic (exact) mass is 302 g/mol. The van der Waals surface area contributed by atoms with Crippen LogP contribution in [0.5, 0.6) is 0 Å². The van der Waals surface area contributed by atoms with E-state index in [-0.39, 0.29) is 18.0 Å². The summed E-state index contributed by atoms with van der Waals surface area (Å²) >= 11 is 0. The molecule has 1 aliphatic carbocycles. The molecular formula is C17H18O5. The summed E-state index contributed by atoms with van der Waals surface area (Å²) in [6.45, 7) is 5.20. The highest BCUT2D eigenvalue weighted by Crippen LogP contribution is 2.37. The van der Waals surface area contributed by atoms with E-state index in [9.17, 15) is 9.59 Å². The van der Waals surface area contributed by atoms with Crippen LogP contribution in [0.1, 0.15) is 49.7 Å². The van der Waals surface area contributed by atoms with Gasteiger partial charge in [0.2, 0.25) is 0 Å². The molecule has 0 unspecified atom stereocenters. The first kappa shape index (κ1) is 14.6. The summed E-state index contributed by atoms with van der Waals surface area (Å²) in [7, 11) is 0. The fraction of sp³-hybridized carbons (Fsp3) is 0.412. The lowest BCUT2D eigenvalue weighted by molar-refractivity contribution is -0.144. The number of carbonyl (C=O) groups excluding carboxylic acids is 2. The van der Waals surface area contributed by atoms with Gasteiger partial charge in [-0.05, 0) is 50.0 Å². The van der Waals surface area contributed by atoms with Crippen molar-refractivity contribution >= 4 is 18.0 Å². The zero-order chi connectivity index (χ0) is 15.9. The summed E-state index contributed by atoms with van der Waals surface area (Å²) in [6.07, 6.45) is 5.64. The molecule has 0 saturated heterocycles. The highest BCUT2D eigenvalue weighted by Gasteiger charge is 2.32. The van der Waals surface area contributed by atoms with Crippen LogP contribution in [0.15, 0.2) is 27.9 Å². The molecule has 22 heavy (non-hydrogen) atoms. The number of esters is 2. The Hall–Kier alpha value is -2.30. The Morgan fingerprint density at radius 3 is 2.86 bits per heavy atom. The Labute approximate surface area is 128 Å². The molecule has 0 fully saturated rings. The molecule has 2 heterocycles. The van der Waals surface area contributed by atoms with Gasteiger partial charge < -0.3 is 13.9 Å². The molecule has 0 amide bonds. The van der Waals surface area contributed by atoms with Crippen molar-refractivity contribution in [3.8, 4) is 0 Å². The molecule has 0 spiro atoms. The lowest BCUT2D eigenvalue weighted by atomic mass is 9.96. The normalized spacial score (nSPS) is 24.0. The molecule has 1 aliphatic heterocycles. The summed E-state index contributed by atoms with van der Waals surface area (Å²) in [5.74, 6) is -0.00598. The van der Waals surface area contributed by atoms with Crippen LogP contribution in [0.4, 0.5) is 0 Å². The van der Waals surface area contributed by atoms with E-state index < -0.39 is 6.10 Å². The van der Waals surface area contributed by atoms with Gasteiger partial charge in [-0.3, -0.25) is 4.79 Å². The van der Waals surface area contributed by atoms with E-state index in [1.165, 1.54) is 6.92 Å². The van der Waals surface area contributed by atoms with Crippen molar-refractivity contribution in [3.05, 3.63) is 40.4 Å². The number of aryl methyl sites for hydroxylation is 1. The number of fused-ring (bicyclic) bond motifs is 3. The molecular weight excluding hydrogens is 284 g/mol. The molecule has 116 valence electrons. The van der Waals surface area contributed by atoms with E-state index in [1.807, 2.05) is 26.0 Å². The first-order chi connectivity index (χ1) is 10.5. The van der Waals surface area contributed by atoms with Crippen LogP contribution >= 0.6 is 0 Å². The molecule has 5 nitrogen and oxygen atoms in total. The van der Waals surface area contributed by atoms with Gasteiger partial charge in [0, 0.05) is 18.1 Å². The minimum Gasteiger partial charge on any atom is -0.464 e. The Bertz CT molecular complexity index is 692. The van der Waals surface area contributed by atoms with Gasteiger partial charge in [0.25, 0.3) is 0 Å². The van der Waals surface area contributed by atoms with Crippen LogP contribution in [0, 0.1) is 6.92 Å². The fourth-order valence-electron chi connectivity index (χ4n) is 2.92. The SMILES string of the molecule is CC(=O)O[C@H]1CCC2=C[C@@H](OC2=O)c2c(C)coc2C=C1C. The molecule has 1 aromatic rings. The van der Waals surface area contributed by atoms with E-state index in [1.54, 1.807) is 6.26 Å². The van der Waals surface area contributed by atoms with Gasteiger partial charge in [-0.15, -0.1) is 0 Å². The summed E-state index contributed by atoms with van der Waals surface area (Å²) in [6, 6.07) is 0. The standard InChI is InChI=1S/C17H18O5/c1-9-6-14-16(10(2)8-20-14)15-7-12(17(19)22-15)4-5-13(9)21-11(3)18/h6-8,13,15H,4-5H2,1-3H3/t13-,15+/m0/s1. The zero-order valence-electron chi connectivity index (χ0n) is 12.8. The number of carbonyl (C=O) groups is 2. The van der Waals surface area contributed by atoms with Crippen LogP contribution in [0.2, 0.25) is 0 Å². The van der Waals surface area contributed by atoms with Crippen molar-refractivity contribution in [3.63, 3.8) is 0 Å². The van der Waals surface area contributed by atoms with E-state index in [0.29, 0.717) is 24.2 Å². The molecule has 2 aliphatic rings. The molecule has 0 aromatic carbocycles. The number of hydrogen-bond donors (Lipinski definition) is 0. The van der Waals surface area contributed by atoms with Crippen molar-refractivity contribution < 1.29 is 23.5 Å². The molecule has 1 aromatic heterocycles. The van der Waals surface area contributed by atoms with Crippen molar-refractivity contribution in [1.29, 1.82) is 0 Å². The van der Waals surface area contributed by atoms with Gasteiger partial charge in [-0.1, -0.05) is 0 Å². The van der Waals surface area contributed by atoms with E-state index in [2.05, 4.69) is 0 Å². The quantitative estimate of drug-likeness (QED) is 0.745. The highest BCUT2D eigenvalue weighted by molar-refractivity contribution is 5.91. The van der Waals surface area contributed by atoms with Crippen LogP contribution in [0.3, 0.4) is 0 Å². The second-order valence-corrected chi connectivity index (χ2v) is 5.74. The Kier molecular flexibility index (Phi) is 3.64. The third-order valence-corrected chi connectivity index (χ3v) is 4.04. The summed E-state index contributed by atoms with van der Waals surface area (Å²) in [4.78, 5) is 23.3. The number of ether oxygens (including phenoxy) is 2. The van der Waals surface area contributed by atoms with E-state index in [0.717, 1.165) is 16.7 Å². The molecule has 0 N–H and O–H groups in total. The highest BCUT2D eigenvalue weighted by atomic mass is 16.6. The van der Waals surface area contributed by atoms with Gasteiger partial charge in [-0.2, -0.15) is 0 Å². The smallest absolute Gasteiger partial charge is 0.334 e. The number of hydrogen-bond acceptors (Lipinski definition) is 5. The van der Waals surface area contributed by atoms with Gasteiger partial charge in [0.05, 0.1) is 6.26 Å². The minimum atomic E-state index is -0.398. The maximum atomic E-state index is 12.0. The Morgan fingerprint density at radius 1 is 1.36 bits per heavy atom. The first-order valence-corrected chi connectivity index (χ1v) is 7.30. The van der Waals surface area contributed by atoms with Crippen molar-refractivity contribution in [2.45, 2.75) is 45.8 Å². The maximum absolute atomic E-state index is 12.0. The third-order valence-electron chi connectivity index (χ3n) is 4.04. The van der Waals surface area contributed by atoms with Crippen LogP contribution < -0.4 is 0 Å². The second-order valence-electron chi connectivity index (χ2n) is 5.74. The van der Waals surface area contributed by atoms with Crippen molar-refractivity contribution in [1.82, 2.24) is 0 Å². The molecule has 3 rings (SSSR count). The van der Waals surface area contributed by atoms with Crippen molar-refractivity contribution in [2.24, 2.45) is 0 Å². The van der Waals surface area contributed by atoms with Gasteiger partial charge in [-0.25, -0.2) is 4.79 Å². The van der Waals surface area contributed by atoms with Crippen molar-refractivity contribution in [2.75, 3.05) is 0 Å². The van der Waals surface area contributed by atoms with Gasteiger partial charge >= 0.3 is 11.9 Å².